The molecular formula is C20H24N2O5S. The van der Waals surface area contributed by atoms with Crippen LogP contribution in [0.4, 0.5) is 0 Å². The van der Waals surface area contributed by atoms with Crippen LogP contribution >= 0.6 is 11.3 Å². The highest BCUT2D eigenvalue weighted by molar-refractivity contribution is 7.10. The van der Waals surface area contributed by atoms with Gasteiger partial charge in [-0.25, -0.2) is 9.59 Å². The van der Waals surface area contributed by atoms with Gasteiger partial charge in [0.1, 0.15) is 5.69 Å². The highest BCUT2D eigenvalue weighted by Crippen LogP contribution is 2.25. The number of nitrogens with zero attached hydrogens (tertiary/aromatic N) is 1. The molecule has 28 heavy (non-hydrogen) atoms. The molecule has 7 nitrogen and oxygen atoms in total. The molecule has 0 spiro atoms. The molecule has 0 radical (unpaired) electrons. The predicted molar refractivity (Wildman–Crippen MR) is 105 cm³/mol. The van der Waals surface area contributed by atoms with E-state index in [2.05, 4.69) is 4.98 Å². The van der Waals surface area contributed by atoms with Crippen LogP contribution in [-0.2, 0) is 33.7 Å². The van der Waals surface area contributed by atoms with Crippen LogP contribution in [0, 0.1) is 6.92 Å². The van der Waals surface area contributed by atoms with Gasteiger partial charge in [0, 0.05) is 23.7 Å². The third kappa shape index (κ3) is 3.69. The predicted octanol–water partition coefficient (Wildman–Crippen LogP) is 2.86. The van der Waals surface area contributed by atoms with Crippen molar-refractivity contribution in [3.05, 3.63) is 44.4 Å². The normalized spacial score (nSPS) is 14.4. The highest BCUT2D eigenvalue weighted by Gasteiger charge is 2.30. The van der Waals surface area contributed by atoms with Crippen molar-refractivity contribution >= 4 is 29.2 Å². The number of aryl methyl sites for hydroxylation is 1. The van der Waals surface area contributed by atoms with Gasteiger partial charge in [-0.15, -0.1) is 11.3 Å². The minimum absolute atomic E-state index is 0.177. The number of aromatic amines is 1. The van der Waals surface area contributed by atoms with Gasteiger partial charge in [-0.2, -0.15) is 0 Å². The van der Waals surface area contributed by atoms with Gasteiger partial charge < -0.3 is 19.4 Å². The quantitative estimate of drug-likeness (QED) is 0.774. The van der Waals surface area contributed by atoms with E-state index in [4.69, 9.17) is 9.47 Å². The maximum absolute atomic E-state index is 12.7. The maximum Gasteiger partial charge on any atom is 0.355 e. The van der Waals surface area contributed by atoms with Crippen molar-refractivity contribution in [2.75, 3.05) is 13.7 Å². The fourth-order valence-electron chi connectivity index (χ4n) is 3.47. The summed E-state index contributed by atoms with van der Waals surface area (Å²) in [6, 6.07) is 2.03. The fourth-order valence-corrected chi connectivity index (χ4v) is 4.36. The number of nitrogens with one attached hydrogen (secondary N) is 1. The van der Waals surface area contributed by atoms with Gasteiger partial charge in [-0.3, -0.25) is 4.79 Å². The Balaban J connectivity index is 1.71. The van der Waals surface area contributed by atoms with Crippen LogP contribution in [0.1, 0.15) is 56.4 Å². The number of carbonyl (C=O) groups excluding carboxylic acids is 3. The van der Waals surface area contributed by atoms with Crippen molar-refractivity contribution in [1.29, 1.82) is 0 Å². The maximum atomic E-state index is 12.7. The number of amides is 1. The third-order valence-electron chi connectivity index (χ3n) is 5.03. The minimum atomic E-state index is -0.915. The lowest BCUT2D eigenvalue weighted by Crippen LogP contribution is -2.42. The van der Waals surface area contributed by atoms with Crippen molar-refractivity contribution in [1.82, 2.24) is 9.88 Å². The lowest BCUT2D eigenvalue weighted by molar-refractivity contribution is -0.140. The largest absolute Gasteiger partial charge is 0.465 e. The first-order valence-corrected chi connectivity index (χ1v) is 10.1. The molecule has 0 fully saturated rings. The topological polar surface area (TPSA) is 88.7 Å². The van der Waals surface area contributed by atoms with E-state index in [0.717, 1.165) is 12.0 Å². The Morgan fingerprint density at radius 2 is 2.07 bits per heavy atom. The first-order valence-electron chi connectivity index (χ1n) is 9.22. The molecule has 2 aromatic rings. The average molecular weight is 404 g/mol. The number of esters is 2. The van der Waals surface area contributed by atoms with Crippen molar-refractivity contribution in [3.63, 3.8) is 0 Å². The summed E-state index contributed by atoms with van der Waals surface area (Å²) in [6.45, 7) is 6.25. The van der Waals surface area contributed by atoms with Crippen molar-refractivity contribution in [2.45, 2.75) is 46.3 Å². The van der Waals surface area contributed by atoms with Gasteiger partial charge >= 0.3 is 11.9 Å². The molecular weight excluding hydrogens is 380 g/mol. The third-order valence-corrected chi connectivity index (χ3v) is 6.05. The van der Waals surface area contributed by atoms with Crippen LogP contribution in [0.2, 0.25) is 0 Å². The zero-order chi connectivity index (χ0) is 20.4. The van der Waals surface area contributed by atoms with E-state index < -0.39 is 18.0 Å². The SMILES string of the molecule is CCc1[nH]c(C(=O)OC(C)C(=O)N2CCc3sccc3C2)c(C)c1C(=O)OC. The Kier molecular flexibility index (Phi) is 5.88. The molecule has 0 saturated heterocycles. The molecule has 1 aliphatic heterocycles. The monoisotopic (exact) mass is 404 g/mol. The molecule has 0 aliphatic carbocycles. The number of fused-ring (bicyclic) bond motifs is 1. The summed E-state index contributed by atoms with van der Waals surface area (Å²) in [5, 5.41) is 2.03. The second kappa shape index (κ2) is 8.18. The smallest absolute Gasteiger partial charge is 0.355 e. The summed E-state index contributed by atoms with van der Waals surface area (Å²) in [5.41, 5.74) is 2.75. The zero-order valence-electron chi connectivity index (χ0n) is 16.5. The average Bonchev–Trinajstić information content (AvgIpc) is 3.29. The van der Waals surface area contributed by atoms with Gasteiger partial charge in [0.2, 0.25) is 0 Å². The van der Waals surface area contributed by atoms with E-state index in [1.165, 1.54) is 12.0 Å². The van der Waals surface area contributed by atoms with Crippen LogP contribution in [0.15, 0.2) is 11.4 Å². The molecule has 1 unspecified atom stereocenters. The summed E-state index contributed by atoms with van der Waals surface area (Å²) in [4.78, 5) is 43.3. The summed E-state index contributed by atoms with van der Waals surface area (Å²) >= 11 is 1.70. The molecule has 1 atom stereocenters. The molecule has 3 rings (SSSR count). The molecule has 0 aromatic carbocycles. The summed E-state index contributed by atoms with van der Waals surface area (Å²) in [5.74, 6) is -1.39. The van der Waals surface area contributed by atoms with Gasteiger partial charge in [-0.05, 0) is 49.3 Å². The molecule has 0 saturated carbocycles. The van der Waals surface area contributed by atoms with E-state index in [1.807, 2.05) is 18.4 Å². The van der Waals surface area contributed by atoms with Crippen molar-refractivity contribution < 1.29 is 23.9 Å². The Morgan fingerprint density at radius 1 is 1.32 bits per heavy atom. The number of carbonyl (C=O) groups is 3. The standard InChI is InChI=1S/C20H24N2O5S/c1-5-14-16(19(24)26-4)11(2)17(21-14)20(25)27-12(3)18(23)22-8-6-15-13(10-22)7-9-28-15/h7,9,12,21H,5-6,8,10H2,1-4H3. The minimum Gasteiger partial charge on any atom is -0.465 e. The van der Waals surface area contributed by atoms with Gasteiger partial charge in [0.25, 0.3) is 5.91 Å². The summed E-state index contributed by atoms with van der Waals surface area (Å²) in [6.07, 6.45) is 0.434. The first kappa shape index (κ1) is 20.1. The molecule has 1 N–H and O–H groups in total. The lowest BCUT2D eigenvalue weighted by atomic mass is 10.1. The Labute approximate surface area is 167 Å². The molecule has 3 heterocycles. The first-order chi connectivity index (χ1) is 13.4. The van der Waals surface area contributed by atoms with E-state index in [9.17, 15) is 14.4 Å². The Hall–Kier alpha value is -2.61. The van der Waals surface area contributed by atoms with Crippen LogP contribution in [0.5, 0.6) is 0 Å². The number of H-pyrrole nitrogens is 1. The van der Waals surface area contributed by atoms with E-state index in [0.29, 0.717) is 36.3 Å². The molecule has 1 aliphatic rings. The summed E-state index contributed by atoms with van der Waals surface area (Å²) in [7, 11) is 1.30. The number of methoxy groups -OCH3 is 1. The lowest BCUT2D eigenvalue weighted by Gasteiger charge is -2.29. The van der Waals surface area contributed by atoms with Crippen molar-refractivity contribution in [2.24, 2.45) is 0 Å². The second-order valence-electron chi connectivity index (χ2n) is 6.75. The number of ether oxygens (including phenoxy) is 2. The Morgan fingerprint density at radius 3 is 2.75 bits per heavy atom. The number of hydrogen-bond acceptors (Lipinski definition) is 6. The number of aromatic nitrogens is 1. The summed E-state index contributed by atoms with van der Waals surface area (Å²) < 4.78 is 10.2. The molecule has 8 heteroatoms. The van der Waals surface area contributed by atoms with Gasteiger partial charge in [0.05, 0.1) is 12.7 Å². The van der Waals surface area contributed by atoms with Crippen LogP contribution in [0.25, 0.3) is 0 Å². The fraction of sp³-hybridized carbons (Fsp3) is 0.450. The second-order valence-corrected chi connectivity index (χ2v) is 7.75. The Bertz CT molecular complexity index is 914. The van der Waals surface area contributed by atoms with Gasteiger partial charge in [-0.1, -0.05) is 6.92 Å². The van der Waals surface area contributed by atoms with Crippen LogP contribution in [-0.4, -0.2) is 47.5 Å². The van der Waals surface area contributed by atoms with Crippen LogP contribution < -0.4 is 0 Å². The zero-order valence-corrected chi connectivity index (χ0v) is 17.3. The number of hydrogen-bond donors (Lipinski definition) is 1. The number of rotatable bonds is 5. The molecule has 2 aromatic heterocycles. The molecule has 1 amide bonds. The van der Waals surface area contributed by atoms with Gasteiger partial charge in [0.15, 0.2) is 6.10 Å². The van der Waals surface area contributed by atoms with Crippen molar-refractivity contribution in [3.8, 4) is 0 Å². The molecule has 0 bridgehead atoms. The van der Waals surface area contributed by atoms with Crippen LogP contribution in [0.3, 0.4) is 0 Å². The van der Waals surface area contributed by atoms with E-state index >= 15 is 0 Å². The number of thiophene rings is 1. The van der Waals surface area contributed by atoms with E-state index in [1.54, 1.807) is 30.1 Å². The highest BCUT2D eigenvalue weighted by atomic mass is 32.1. The van der Waals surface area contributed by atoms with E-state index in [-0.39, 0.29) is 11.6 Å². The molecule has 150 valence electrons.